The third kappa shape index (κ3) is 4.54. The normalized spacial score (nSPS) is 11.2. The molecule has 0 aliphatic carbocycles. The molecule has 15 heavy (non-hydrogen) atoms. The third-order valence-electron chi connectivity index (χ3n) is 2.39. The number of alkyl halides is 1. The fourth-order valence-corrected chi connectivity index (χ4v) is 2.86. The Balaban J connectivity index is 2.48. The van der Waals surface area contributed by atoms with E-state index in [0.29, 0.717) is 0 Å². The van der Waals surface area contributed by atoms with Gasteiger partial charge in [-0.1, -0.05) is 13.8 Å². The molecular formula is C12H20ClNS. The molecule has 1 nitrogen and oxygen atoms in total. The highest BCUT2D eigenvalue weighted by molar-refractivity contribution is 7.11. The lowest BCUT2D eigenvalue weighted by molar-refractivity contribution is 0.285. The lowest BCUT2D eigenvalue weighted by Gasteiger charge is -2.19. The van der Waals surface area contributed by atoms with Gasteiger partial charge in [0.2, 0.25) is 0 Å². The van der Waals surface area contributed by atoms with Gasteiger partial charge >= 0.3 is 0 Å². The van der Waals surface area contributed by atoms with Gasteiger partial charge in [0.05, 0.1) is 0 Å². The van der Waals surface area contributed by atoms with Crippen molar-refractivity contribution in [2.75, 3.05) is 19.0 Å². The molecule has 0 unspecified atom stereocenters. The van der Waals surface area contributed by atoms with Crippen LogP contribution in [0.2, 0.25) is 0 Å². The molecule has 1 heterocycles. The number of hydrogen-bond acceptors (Lipinski definition) is 2. The highest BCUT2D eigenvalue weighted by atomic mass is 35.5. The topological polar surface area (TPSA) is 3.24 Å². The first kappa shape index (κ1) is 13.0. The molecule has 1 aromatic rings. The number of rotatable bonds is 7. The minimum absolute atomic E-state index is 0.728. The zero-order chi connectivity index (χ0) is 11.1. The van der Waals surface area contributed by atoms with Crippen molar-refractivity contribution in [3.8, 4) is 0 Å². The first-order chi connectivity index (χ1) is 7.30. The predicted molar refractivity (Wildman–Crippen MR) is 70.0 cm³/mol. The van der Waals surface area contributed by atoms with Crippen molar-refractivity contribution in [1.82, 2.24) is 4.90 Å². The van der Waals surface area contributed by atoms with Gasteiger partial charge in [-0.05, 0) is 31.5 Å². The Morgan fingerprint density at radius 1 is 1.20 bits per heavy atom. The minimum atomic E-state index is 0.728. The Morgan fingerprint density at radius 2 is 1.93 bits per heavy atom. The zero-order valence-corrected chi connectivity index (χ0v) is 11.2. The zero-order valence-electron chi connectivity index (χ0n) is 9.63. The Kier molecular flexibility index (Phi) is 6.30. The van der Waals surface area contributed by atoms with Crippen molar-refractivity contribution < 1.29 is 0 Å². The van der Waals surface area contributed by atoms with Gasteiger partial charge in [0.25, 0.3) is 0 Å². The second-order valence-electron chi connectivity index (χ2n) is 3.69. The van der Waals surface area contributed by atoms with E-state index >= 15 is 0 Å². The molecule has 0 bridgehead atoms. The molecule has 0 atom stereocenters. The van der Waals surface area contributed by atoms with Gasteiger partial charge in [-0.25, -0.2) is 0 Å². The maximum atomic E-state index is 5.79. The number of thiophene rings is 1. The molecule has 0 aromatic carbocycles. The average Bonchev–Trinajstić information content (AvgIpc) is 2.66. The summed E-state index contributed by atoms with van der Waals surface area (Å²) in [6.45, 7) is 7.62. The molecule has 0 amide bonds. The maximum absolute atomic E-state index is 5.79. The first-order valence-electron chi connectivity index (χ1n) is 5.66. The van der Waals surface area contributed by atoms with Gasteiger partial charge in [-0.3, -0.25) is 4.90 Å². The van der Waals surface area contributed by atoms with Gasteiger partial charge < -0.3 is 0 Å². The summed E-state index contributed by atoms with van der Waals surface area (Å²) in [6.07, 6.45) is 2.34. The summed E-state index contributed by atoms with van der Waals surface area (Å²) in [5, 5.41) is 0. The largest absolute Gasteiger partial charge is 0.297 e. The number of halogens is 1. The smallest absolute Gasteiger partial charge is 0.0351 e. The highest BCUT2D eigenvalue weighted by Gasteiger charge is 2.06. The summed E-state index contributed by atoms with van der Waals surface area (Å²) in [6, 6.07) is 4.49. The molecule has 0 aliphatic heterocycles. The van der Waals surface area contributed by atoms with Crippen LogP contribution in [0.1, 0.15) is 30.0 Å². The second kappa shape index (κ2) is 7.26. The highest BCUT2D eigenvalue weighted by Crippen LogP contribution is 2.18. The van der Waals surface area contributed by atoms with Crippen molar-refractivity contribution >= 4 is 22.9 Å². The molecule has 3 heteroatoms. The van der Waals surface area contributed by atoms with Crippen molar-refractivity contribution in [3.63, 3.8) is 0 Å². The van der Waals surface area contributed by atoms with Crippen LogP contribution in [0.15, 0.2) is 12.1 Å². The maximum Gasteiger partial charge on any atom is 0.0351 e. The van der Waals surface area contributed by atoms with E-state index in [9.17, 15) is 0 Å². The van der Waals surface area contributed by atoms with Crippen LogP contribution in [-0.2, 0) is 13.0 Å². The SMILES string of the molecule is CCCN(CCCl)Cc1ccc(CC)s1. The van der Waals surface area contributed by atoms with Crippen LogP contribution >= 0.6 is 22.9 Å². The molecule has 0 saturated heterocycles. The summed E-state index contributed by atoms with van der Waals surface area (Å²) in [4.78, 5) is 5.37. The molecule has 0 radical (unpaired) electrons. The molecule has 0 aliphatic rings. The van der Waals surface area contributed by atoms with Gasteiger partial charge in [0.15, 0.2) is 0 Å². The van der Waals surface area contributed by atoms with E-state index in [1.165, 1.54) is 16.2 Å². The molecule has 0 spiro atoms. The van der Waals surface area contributed by atoms with Gasteiger partial charge in [-0.15, -0.1) is 22.9 Å². The predicted octanol–water partition coefficient (Wildman–Crippen LogP) is 3.76. The van der Waals surface area contributed by atoms with E-state index in [-0.39, 0.29) is 0 Å². The average molecular weight is 246 g/mol. The standard InChI is InChI=1S/C12H20ClNS/c1-3-8-14(9-7-13)10-12-6-5-11(4-2)15-12/h5-6H,3-4,7-10H2,1-2H3. The molecule has 0 N–H and O–H groups in total. The van der Waals surface area contributed by atoms with E-state index in [4.69, 9.17) is 11.6 Å². The van der Waals surface area contributed by atoms with Crippen LogP contribution in [-0.4, -0.2) is 23.9 Å². The first-order valence-corrected chi connectivity index (χ1v) is 7.01. The molecule has 0 fully saturated rings. The Labute approximate surface area is 102 Å². The minimum Gasteiger partial charge on any atom is -0.297 e. The van der Waals surface area contributed by atoms with E-state index in [1.54, 1.807) is 0 Å². The summed E-state index contributed by atoms with van der Waals surface area (Å²) >= 11 is 7.72. The fraction of sp³-hybridized carbons (Fsp3) is 0.667. The van der Waals surface area contributed by atoms with Crippen LogP contribution in [0.4, 0.5) is 0 Å². The quantitative estimate of drug-likeness (QED) is 0.662. The number of hydrogen-bond donors (Lipinski definition) is 0. The Morgan fingerprint density at radius 3 is 2.47 bits per heavy atom. The second-order valence-corrected chi connectivity index (χ2v) is 5.32. The third-order valence-corrected chi connectivity index (χ3v) is 3.77. The molecular weight excluding hydrogens is 226 g/mol. The van der Waals surface area contributed by atoms with E-state index in [0.717, 1.165) is 31.9 Å². The lowest BCUT2D eigenvalue weighted by Crippen LogP contribution is -2.25. The van der Waals surface area contributed by atoms with Gasteiger partial charge in [0, 0.05) is 28.7 Å². The van der Waals surface area contributed by atoms with Crippen molar-refractivity contribution in [2.24, 2.45) is 0 Å². The molecule has 1 rings (SSSR count). The van der Waals surface area contributed by atoms with Crippen LogP contribution in [0, 0.1) is 0 Å². The van der Waals surface area contributed by atoms with Crippen LogP contribution in [0.25, 0.3) is 0 Å². The number of aryl methyl sites for hydroxylation is 1. The summed E-state index contributed by atoms with van der Waals surface area (Å²) < 4.78 is 0. The van der Waals surface area contributed by atoms with Crippen LogP contribution in [0.3, 0.4) is 0 Å². The lowest BCUT2D eigenvalue weighted by atomic mass is 10.3. The monoisotopic (exact) mass is 245 g/mol. The fourth-order valence-electron chi connectivity index (χ4n) is 1.62. The summed E-state index contributed by atoms with van der Waals surface area (Å²) in [7, 11) is 0. The molecule has 0 saturated carbocycles. The molecule has 1 aromatic heterocycles. The van der Waals surface area contributed by atoms with Crippen molar-refractivity contribution in [3.05, 3.63) is 21.9 Å². The summed E-state index contributed by atoms with van der Waals surface area (Å²) in [5.74, 6) is 0.728. The Hall–Kier alpha value is -0.0500. The van der Waals surface area contributed by atoms with E-state index in [2.05, 4.69) is 30.9 Å². The van der Waals surface area contributed by atoms with Crippen LogP contribution < -0.4 is 0 Å². The van der Waals surface area contributed by atoms with Gasteiger partial charge in [-0.2, -0.15) is 0 Å². The van der Waals surface area contributed by atoms with Crippen molar-refractivity contribution in [2.45, 2.75) is 33.2 Å². The molecule has 86 valence electrons. The van der Waals surface area contributed by atoms with E-state index < -0.39 is 0 Å². The summed E-state index contributed by atoms with van der Waals surface area (Å²) in [5.41, 5.74) is 0. The van der Waals surface area contributed by atoms with Crippen molar-refractivity contribution in [1.29, 1.82) is 0 Å². The van der Waals surface area contributed by atoms with Crippen LogP contribution in [0.5, 0.6) is 0 Å². The van der Waals surface area contributed by atoms with E-state index in [1.807, 2.05) is 11.3 Å². The Bertz CT molecular complexity index is 266. The number of nitrogens with zero attached hydrogens (tertiary/aromatic N) is 1. The van der Waals surface area contributed by atoms with Gasteiger partial charge in [0.1, 0.15) is 0 Å².